The van der Waals surface area contributed by atoms with Crippen LogP contribution in [-0.4, -0.2) is 19.0 Å². The minimum absolute atomic E-state index is 0.340. The van der Waals surface area contributed by atoms with Gasteiger partial charge in [0.05, 0.1) is 6.04 Å². The Morgan fingerprint density at radius 1 is 2.00 bits per heavy atom. The third-order valence-electron chi connectivity index (χ3n) is 1.07. The molecule has 1 unspecified atom stereocenters. The van der Waals surface area contributed by atoms with Gasteiger partial charge in [0.2, 0.25) is 0 Å². The summed E-state index contributed by atoms with van der Waals surface area (Å²) in [5.41, 5.74) is 0. The van der Waals surface area contributed by atoms with E-state index in [1.165, 1.54) is 6.40 Å². The van der Waals surface area contributed by atoms with E-state index in [0.29, 0.717) is 6.04 Å². The molecule has 0 bridgehead atoms. The van der Waals surface area contributed by atoms with Crippen molar-refractivity contribution < 1.29 is 4.74 Å². The summed E-state index contributed by atoms with van der Waals surface area (Å²) in [5.74, 6) is 0. The van der Waals surface area contributed by atoms with E-state index in [4.69, 9.17) is 4.74 Å². The van der Waals surface area contributed by atoms with E-state index in [1.54, 1.807) is 0 Å². The molecule has 0 aromatic heterocycles. The van der Waals surface area contributed by atoms with Gasteiger partial charge in [-0.3, -0.25) is 4.99 Å². The first-order valence-corrected chi connectivity index (χ1v) is 2.67. The fraction of sp³-hybridized carbons (Fsp3) is 0.500. The average Bonchev–Trinajstić information content (AvgIpc) is 2.19. The zero-order valence-electron chi connectivity index (χ0n) is 4.71. The smallest absolute Gasteiger partial charge is 0.169 e. The van der Waals surface area contributed by atoms with Crippen molar-refractivity contribution >= 4 is 6.40 Å². The summed E-state index contributed by atoms with van der Waals surface area (Å²) in [6.07, 6.45) is 4.29. The molecule has 1 heterocycles. The van der Waals surface area contributed by atoms with Crippen LogP contribution in [-0.2, 0) is 4.74 Å². The highest BCUT2D eigenvalue weighted by atomic mass is 16.5. The van der Waals surface area contributed by atoms with E-state index < -0.39 is 0 Å². The number of aliphatic imine (C=N–C) groups is 1. The van der Waals surface area contributed by atoms with Crippen LogP contribution in [0.5, 0.6) is 0 Å². The van der Waals surface area contributed by atoms with Gasteiger partial charge in [-0.2, -0.15) is 0 Å². The van der Waals surface area contributed by atoms with Crippen LogP contribution in [0.1, 0.15) is 6.42 Å². The molecule has 0 saturated carbocycles. The summed E-state index contributed by atoms with van der Waals surface area (Å²) in [6, 6.07) is 0.340. The Morgan fingerprint density at radius 2 is 2.88 bits per heavy atom. The third-order valence-corrected chi connectivity index (χ3v) is 1.07. The molecule has 1 aliphatic rings. The van der Waals surface area contributed by atoms with Gasteiger partial charge in [-0.15, -0.1) is 6.58 Å². The van der Waals surface area contributed by atoms with Crippen LogP contribution in [0.25, 0.3) is 0 Å². The zero-order chi connectivity index (χ0) is 5.82. The SMILES string of the molecule is C=CCC1COC=N1. The summed E-state index contributed by atoms with van der Waals surface area (Å²) >= 11 is 0. The fourth-order valence-electron chi connectivity index (χ4n) is 0.648. The number of ether oxygens (including phenoxy) is 1. The Labute approximate surface area is 48.9 Å². The van der Waals surface area contributed by atoms with Crippen molar-refractivity contribution in [2.75, 3.05) is 6.61 Å². The maximum absolute atomic E-state index is 4.87. The Balaban J connectivity index is 2.25. The second kappa shape index (κ2) is 2.50. The lowest BCUT2D eigenvalue weighted by molar-refractivity contribution is 0.328. The normalized spacial score (nSPS) is 25.2. The molecule has 2 nitrogen and oxygen atoms in total. The molecule has 0 aliphatic carbocycles. The molecule has 0 fully saturated rings. The van der Waals surface area contributed by atoms with Crippen LogP contribution < -0.4 is 0 Å². The average molecular weight is 111 g/mol. The maximum Gasteiger partial charge on any atom is 0.169 e. The first-order chi connectivity index (χ1) is 3.93. The molecule has 0 saturated heterocycles. The van der Waals surface area contributed by atoms with Crippen molar-refractivity contribution in [2.45, 2.75) is 12.5 Å². The van der Waals surface area contributed by atoms with Gasteiger partial charge in [0, 0.05) is 0 Å². The summed E-state index contributed by atoms with van der Waals surface area (Å²) in [6.45, 7) is 4.32. The monoisotopic (exact) mass is 111 g/mol. The summed E-state index contributed by atoms with van der Waals surface area (Å²) in [5, 5.41) is 0. The highest BCUT2D eigenvalue weighted by Crippen LogP contribution is 2.02. The topological polar surface area (TPSA) is 21.6 Å². The standard InChI is InChI=1S/C6H9NO/c1-2-3-6-4-8-5-7-6/h2,5-6H,1,3-4H2. The zero-order valence-corrected chi connectivity index (χ0v) is 4.71. The first kappa shape index (κ1) is 5.35. The van der Waals surface area contributed by atoms with Crippen LogP contribution in [0.15, 0.2) is 17.6 Å². The fourth-order valence-corrected chi connectivity index (χ4v) is 0.648. The van der Waals surface area contributed by atoms with E-state index in [1.807, 2.05) is 6.08 Å². The lowest BCUT2D eigenvalue weighted by Crippen LogP contribution is -2.03. The summed E-state index contributed by atoms with van der Waals surface area (Å²) < 4.78 is 4.87. The van der Waals surface area contributed by atoms with Gasteiger partial charge in [0.1, 0.15) is 6.61 Å². The minimum atomic E-state index is 0.340. The maximum atomic E-state index is 4.87. The molecule has 44 valence electrons. The molecule has 1 aliphatic heterocycles. The first-order valence-electron chi connectivity index (χ1n) is 2.67. The number of hydrogen-bond donors (Lipinski definition) is 0. The van der Waals surface area contributed by atoms with Gasteiger partial charge in [-0.1, -0.05) is 6.08 Å². The van der Waals surface area contributed by atoms with Gasteiger partial charge >= 0.3 is 0 Å². The molecule has 0 radical (unpaired) electrons. The van der Waals surface area contributed by atoms with Crippen LogP contribution in [0.3, 0.4) is 0 Å². The van der Waals surface area contributed by atoms with E-state index in [2.05, 4.69) is 11.6 Å². The predicted molar refractivity (Wildman–Crippen MR) is 33.0 cm³/mol. The van der Waals surface area contributed by atoms with Gasteiger partial charge in [0.25, 0.3) is 0 Å². The van der Waals surface area contributed by atoms with Crippen LogP contribution >= 0.6 is 0 Å². The molecule has 2 heteroatoms. The molecule has 0 N–H and O–H groups in total. The Bertz CT molecular complexity index is 109. The van der Waals surface area contributed by atoms with Crippen molar-refractivity contribution in [3.05, 3.63) is 12.7 Å². The molecular formula is C6H9NO. The molecule has 0 aromatic carbocycles. The largest absolute Gasteiger partial charge is 0.481 e. The molecule has 8 heavy (non-hydrogen) atoms. The Hall–Kier alpha value is -0.790. The second-order valence-electron chi connectivity index (χ2n) is 1.77. The Kier molecular flexibility index (Phi) is 1.67. The highest BCUT2D eigenvalue weighted by Gasteiger charge is 2.07. The van der Waals surface area contributed by atoms with Crippen molar-refractivity contribution in [1.82, 2.24) is 0 Å². The van der Waals surface area contributed by atoms with Crippen molar-refractivity contribution in [1.29, 1.82) is 0 Å². The molecule has 0 aromatic rings. The summed E-state index contributed by atoms with van der Waals surface area (Å²) in [4.78, 5) is 4.01. The Morgan fingerprint density at radius 3 is 3.38 bits per heavy atom. The summed E-state index contributed by atoms with van der Waals surface area (Å²) in [7, 11) is 0. The van der Waals surface area contributed by atoms with Crippen molar-refractivity contribution in [2.24, 2.45) is 4.99 Å². The van der Waals surface area contributed by atoms with Gasteiger partial charge in [-0.05, 0) is 6.42 Å². The van der Waals surface area contributed by atoms with E-state index in [9.17, 15) is 0 Å². The minimum Gasteiger partial charge on any atom is -0.481 e. The quantitative estimate of drug-likeness (QED) is 0.487. The second-order valence-corrected chi connectivity index (χ2v) is 1.77. The number of nitrogens with zero attached hydrogens (tertiary/aromatic N) is 1. The highest BCUT2D eigenvalue weighted by molar-refractivity contribution is 5.48. The number of hydrogen-bond acceptors (Lipinski definition) is 2. The van der Waals surface area contributed by atoms with Crippen molar-refractivity contribution in [3.8, 4) is 0 Å². The van der Waals surface area contributed by atoms with Crippen LogP contribution in [0, 0.1) is 0 Å². The lowest BCUT2D eigenvalue weighted by atomic mass is 10.2. The molecule has 0 spiro atoms. The molecule has 1 atom stereocenters. The molecule has 0 amide bonds. The number of rotatable bonds is 2. The van der Waals surface area contributed by atoms with E-state index >= 15 is 0 Å². The van der Waals surface area contributed by atoms with Gasteiger partial charge < -0.3 is 4.74 Å². The van der Waals surface area contributed by atoms with Gasteiger partial charge in [0.15, 0.2) is 6.40 Å². The molecule has 1 rings (SSSR count). The van der Waals surface area contributed by atoms with Gasteiger partial charge in [-0.25, -0.2) is 0 Å². The van der Waals surface area contributed by atoms with E-state index in [0.717, 1.165) is 13.0 Å². The molecular weight excluding hydrogens is 102 g/mol. The van der Waals surface area contributed by atoms with Crippen LogP contribution in [0.4, 0.5) is 0 Å². The van der Waals surface area contributed by atoms with Crippen LogP contribution in [0.2, 0.25) is 0 Å². The predicted octanol–water partition coefficient (Wildman–Crippen LogP) is 0.990. The lowest BCUT2D eigenvalue weighted by Gasteiger charge is -1.96. The van der Waals surface area contributed by atoms with Crippen molar-refractivity contribution in [3.63, 3.8) is 0 Å². The third kappa shape index (κ3) is 1.09. The van der Waals surface area contributed by atoms with E-state index in [-0.39, 0.29) is 0 Å².